The summed E-state index contributed by atoms with van der Waals surface area (Å²) in [5.41, 5.74) is 2.02. The molecule has 0 aromatic heterocycles. The molecule has 1 heterocycles. The van der Waals surface area contributed by atoms with Crippen molar-refractivity contribution < 1.29 is 9.53 Å². The highest BCUT2D eigenvalue weighted by Gasteiger charge is 2.17. The van der Waals surface area contributed by atoms with Crippen LogP contribution in [-0.2, 0) is 9.53 Å². The molecule has 5 heteroatoms. The fraction of sp³-hybridized carbons (Fsp3) is 0.462. The molecule has 0 radical (unpaired) electrons. The molecule has 4 nitrogen and oxygen atoms in total. The Hall–Kier alpha value is -1.10. The maximum absolute atomic E-state index is 11.7. The topological polar surface area (TPSA) is 50.4 Å². The highest BCUT2D eigenvalue weighted by molar-refractivity contribution is 5.91. The summed E-state index contributed by atoms with van der Waals surface area (Å²) in [5.74, 6) is 0.00236. The normalized spacial score (nSPS) is 18.8. The van der Waals surface area contributed by atoms with Crippen LogP contribution in [0.2, 0.25) is 0 Å². The number of amides is 1. The summed E-state index contributed by atoms with van der Waals surface area (Å²) < 4.78 is 5.48. The molecule has 1 aromatic rings. The van der Waals surface area contributed by atoms with Gasteiger partial charge in [-0.1, -0.05) is 17.7 Å². The number of halogens is 1. The fourth-order valence-corrected chi connectivity index (χ4v) is 1.81. The van der Waals surface area contributed by atoms with E-state index >= 15 is 0 Å². The van der Waals surface area contributed by atoms with Crippen molar-refractivity contribution in [3.8, 4) is 0 Å². The molecule has 0 bridgehead atoms. The van der Waals surface area contributed by atoms with Crippen LogP contribution in [0.4, 0.5) is 5.69 Å². The summed E-state index contributed by atoms with van der Waals surface area (Å²) in [6, 6.07) is 7.78. The van der Waals surface area contributed by atoms with E-state index in [-0.39, 0.29) is 24.4 Å². The predicted octanol–water partition coefficient (Wildman–Crippen LogP) is 1.73. The molecule has 1 saturated heterocycles. The molecule has 18 heavy (non-hydrogen) atoms. The van der Waals surface area contributed by atoms with Crippen molar-refractivity contribution in [1.29, 1.82) is 0 Å². The van der Waals surface area contributed by atoms with Gasteiger partial charge in [0.05, 0.1) is 19.1 Å². The van der Waals surface area contributed by atoms with E-state index in [4.69, 9.17) is 4.74 Å². The first-order chi connectivity index (χ1) is 8.24. The van der Waals surface area contributed by atoms with Crippen LogP contribution in [0.25, 0.3) is 0 Å². The SMILES string of the molecule is Cc1ccc(NC(=O)CC2CNCCO2)cc1.Cl. The third-order valence-electron chi connectivity index (χ3n) is 2.75. The van der Waals surface area contributed by atoms with Crippen LogP contribution in [0.15, 0.2) is 24.3 Å². The summed E-state index contributed by atoms with van der Waals surface area (Å²) in [5, 5.41) is 6.08. The van der Waals surface area contributed by atoms with Crippen LogP contribution in [0, 0.1) is 6.92 Å². The number of anilines is 1. The van der Waals surface area contributed by atoms with E-state index in [1.54, 1.807) is 0 Å². The monoisotopic (exact) mass is 270 g/mol. The van der Waals surface area contributed by atoms with Crippen molar-refractivity contribution >= 4 is 24.0 Å². The van der Waals surface area contributed by atoms with E-state index in [2.05, 4.69) is 10.6 Å². The first kappa shape index (κ1) is 15.0. The molecule has 0 aliphatic carbocycles. The second-order valence-corrected chi connectivity index (χ2v) is 4.32. The first-order valence-corrected chi connectivity index (χ1v) is 5.93. The number of benzene rings is 1. The molecule has 0 spiro atoms. The maximum Gasteiger partial charge on any atom is 0.227 e. The lowest BCUT2D eigenvalue weighted by Gasteiger charge is -2.23. The fourth-order valence-electron chi connectivity index (χ4n) is 1.81. The van der Waals surface area contributed by atoms with Gasteiger partial charge in [-0.05, 0) is 19.1 Å². The molecule has 1 aliphatic rings. The van der Waals surface area contributed by atoms with Gasteiger partial charge < -0.3 is 15.4 Å². The zero-order chi connectivity index (χ0) is 12.1. The van der Waals surface area contributed by atoms with Crippen molar-refractivity contribution in [2.24, 2.45) is 0 Å². The van der Waals surface area contributed by atoms with Gasteiger partial charge in [0.2, 0.25) is 5.91 Å². The second-order valence-electron chi connectivity index (χ2n) is 4.32. The Kier molecular flexibility index (Phi) is 6.12. The zero-order valence-electron chi connectivity index (χ0n) is 10.4. The van der Waals surface area contributed by atoms with Crippen LogP contribution in [-0.4, -0.2) is 31.7 Å². The summed E-state index contributed by atoms with van der Waals surface area (Å²) >= 11 is 0. The van der Waals surface area contributed by atoms with Crippen LogP contribution in [0.5, 0.6) is 0 Å². The minimum Gasteiger partial charge on any atom is -0.375 e. The molecule has 1 unspecified atom stereocenters. The molecular formula is C13H19ClN2O2. The Morgan fingerprint density at radius 2 is 2.17 bits per heavy atom. The first-order valence-electron chi connectivity index (χ1n) is 5.93. The van der Waals surface area contributed by atoms with E-state index in [0.29, 0.717) is 13.0 Å². The minimum atomic E-state index is -0.00537. The summed E-state index contributed by atoms with van der Waals surface area (Å²) in [4.78, 5) is 11.7. The molecule has 2 N–H and O–H groups in total. The number of hydrogen-bond acceptors (Lipinski definition) is 3. The molecule has 100 valence electrons. The third kappa shape index (κ3) is 4.64. The Labute approximate surface area is 114 Å². The van der Waals surface area contributed by atoms with Crippen LogP contribution in [0.1, 0.15) is 12.0 Å². The van der Waals surface area contributed by atoms with Gasteiger partial charge in [-0.3, -0.25) is 4.79 Å². The van der Waals surface area contributed by atoms with E-state index in [9.17, 15) is 4.79 Å². The number of rotatable bonds is 3. The number of morpholine rings is 1. The highest BCUT2D eigenvalue weighted by atomic mass is 35.5. The number of hydrogen-bond donors (Lipinski definition) is 2. The van der Waals surface area contributed by atoms with Gasteiger partial charge in [0.1, 0.15) is 0 Å². The molecule has 1 aliphatic heterocycles. The van der Waals surface area contributed by atoms with Crippen LogP contribution >= 0.6 is 12.4 Å². The molecular weight excluding hydrogens is 252 g/mol. The van der Waals surface area contributed by atoms with Gasteiger partial charge >= 0.3 is 0 Å². The number of carbonyl (C=O) groups is 1. The third-order valence-corrected chi connectivity index (χ3v) is 2.75. The Bertz CT molecular complexity index is 375. The molecule has 0 saturated carbocycles. The molecule has 1 amide bonds. The lowest BCUT2D eigenvalue weighted by molar-refractivity contribution is -0.119. The van der Waals surface area contributed by atoms with Gasteiger partial charge in [-0.2, -0.15) is 0 Å². The number of carbonyl (C=O) groups excluding carboxylic acids is 1. The quantitative estimate of drug-likeness (QED) is 0.880. The minimum absolute atomic E-state index is 0. The van der Waals surface area contributed by atoms with Gasteiger partial charge in [-0.15, -0.1) is 12.4 Å². The molecule has 2 rings (SSSR count). The van der Waals surface area contributed by atoms with E-state index in [1.807, 2.05) is 31.2 Å². The van der Waals surface area contributed by atoms with Gasteiger partial charge in [-0.25, -0.2) is 0 Å². The highest BCUT2D eigenvalue weighted by Crippen LogP contribution is 2.10. The van der Waals surface area contributed by atoms with Crippen molar-refractivity contribution in [3.63, 3.8) is 0 Å². The largest absolute Gasteiger partial charge is 0.375 e. The van der Waals surface area contributed by atoms with E-state index in [1.165, 1.54) is 5.56 Å². The number of nitrogens with one attached hydrogen (secondary N) is 2. The van der Waals surface area contributed by atoms with Crippen molar-refractivity contribution in [2.45, 2.75) is 19.4 Å². The van der Waals surface area contributed by atoms with Gasteiger partial charge in [0.15, 0.2) is 0 Å². The Morgan fingerprint density at radius 1 is 1.44 bits per heavy atom. The zero-order valence-corrected chi connectivity index (χ0v) is 11.3. The molecule has 1 aromatic carbocycles. The van der Waals surface area contributed by atoms with Gasteiger partial charge in [0, 0.05) is 18.8 Å². The summed E-state index contributed by atoms with van der Waals surface area (Å²) in [7, 11) is 0. The van der Waals surface area contributed by atoms with Gasteiger partial charge in [0.25, 0.3) is 0 Å². The Morgan fingerprint density at radius 3 is 2.78 bits per heavy atom. The lowest BCUT2D eigenvalue weighted by atomic mass is 10.2. The van der Waals surface area contributed by atoms with E-state index in [0.717, 1.165) is 18.8 Å². The van der Waals surface area contributed by atoms with Crippen molar-refractivity contribution in [1.82, 2.24) is 5.32 Å². The number of aryl methyl sites for hydroxylation is 1. The van der Waals surface area contributed by atoms with Crippen LogP contribution in [0.3, 0.4) is 0 Å². The average Bonchev–Trinajstić information content (AvgIpc) is 2.33. The van der Waals surface area contributed by atoms with E-state index < -0.39 is 0 Å². The summed E-state index contributed by atoms with van der Waals surface area (Å²) in [6.07, 6.45) is 0.398. The standard InChI is InChI=1S/C13H18N2O2.ClH/c1-10-2-4-11(5-3-10)15-13(16)8-12-9-14-6-7-17-12;/h2-5,12,14H,6-9H2,1H3,(H,15,16);1H. The molecule has 1 fully saturated rings. The Balaban J connectivity index is 0.00000162. The maximum atomic E-state index is 11.7. The lowest BCUT2D eigenvalue weighted by Crippen LogP contribution is -2.40. The van der Waals surface area contributed by atoms with Crippen molar-refractivity contribution in [2.75, 3.05) is 25.0 Å². The van der Waals surface area contributed by atoms with Crippen LogP contribution < -0.4 is 10.6 Å². The smallest absolute Gasteiger partial charge is 0.227 e. The average molecular weight is 271 g/mol. The molecule has 1 atom stereocenters. The summed E-state index contributed by atoms with van der Waals surface area (Å²) in [6.45, 7) is 4.33. The second kappa shape index (κ2) is 7.36. The number of ether oxygens (including phenoxy) is 1. The predicted molar refractivity (Wildman–Crippen MR) is 74.3 cm³/mol. The van der Waals surface area contributed by atoms with Crippen molar-refractivity contribution in [3.05, 3.63) is 29.8 Å².